The largest absolute Gasteiger partial charge is 0.454 e. The van der Waals surface area contributed by atoms with E-state index in [0.29, 0.717) is 43.1 Å². The zero-order valence-electron chi connectivity index (χ0n) is 21.1. The summed E-state index contributed by atoms with van der Waals surface area (Å²) in [6, 6.07) is 13.9. The van der Waals surface area contributed by atoms with Crippen molar-refractivity contribution in [1.82, 2.24) is 10.2 Å². The first-order valence-electron chi connectivity index (χ1n) is 12.2. The molecule has 0 aromatic heterocycles. The summed E-state index contributed by atoms with van der Waals surface area (Å²) < 4.78 is 37.0. The fourth-order valence-electron chi connectivity index (χ4n) is 4.11. The first kappa shape index (κ1) is 27.3. The van der Waals surface area contributed by atoms with Crippen LogP contribution >= 0.6 is 0 Å². The van der Waals surface area contributed by atoms with E-state index in [0.717, 1.165) is 18.2 Å². The van der Waals surface area contributed by atoms with Gasteiger partial charge in [0.25, 0.3) is 0 Å². The highest BCUT2D eigenvalue weighted by Gasteiger charge is 2.29. The third-order valence-corrected chi connectivity index (χ3v) is 7.12. The first-order chi connectivity index (χ1) is 17.2. The van der Waals surface area contributed by atoms with Crippen molar-refractivity contribution in [2.75, 3.05) is 30.4 Å². The maximum atomic E-state index is 13.4. The molecule has 196 valence electrons. The van der Waals surface area contributed by atoms with Crippen LogP contribution in [-0.4, -0.2) is 57.3 Å². The Bertz CT molecular complexity index is 1140. The Morgan fingerprint density at radius 1 is 1.06 bits per heavy atom. The molecule has 3 rings (SSSR count). The van der Waals surface area contributed by atoms with Crippen LogP contribution in [0.3, 0.4) is 0 Å². The molecule has 1 aliphatic rings. The van der Waals surface area contributed by atoms with E-state index in [9.17, 15) is 18.0 Å². The van der Waals surface area contributed by atoms with Crippen molar-refractivity contribution in [1.29, 1.82) is 0 Å². The first-order valence-corrected chi connectivity index (χ1v) is 14.1. The van der Waals surface area contributed by atoms with Crippen LogP contribution in [0.4, 0.5) is 5.69 Å². The topological polar surface area (TPSA) is 105 Å². The van der Waals surface area contributed by atoms with E-state index in [-0.39, 0.29) is 31.6 Å². The number of ether oxygens (including phenoxy) is 2. The Labute approximate surface area is 213 Å². The van der Waals surface area contributed by atoms with Crippen LogP contribution in [0.2, 0.25) is 0 Å². The Kier molecular flexibility index (Phi) is 9.58. The lowest BCUT2D eigenvalue weighted by atomic mass is 10.1. The molecule has 0 spiro atoms. The van der Waals surface area contributed by atoms with Gasteiger partial charge in [-0.1, -0.05) is 44.2 Å². The van der Waals surface area contributed by atoms with Gasteiger partial charge in [0.15, 0.2) is 11.5 Å². The second-order valence-electron chi connectivity index (χ2n) is 8.70. The zero-order chi connectivity index (χ0) is 26.1. The average Bonchev–Trinajstić information content (AvgIpc) is 3.33. The molecule has 2 amide bonds. The number of fused-ring (bicyclic) bond motifs is 1. The quantitative estimate of drug-likeness (QED) is 0.437. The van der Waals surface area contributed by atoms with E-state index in [1.54, 1.807) is 23.1 Å². The second-order valence-corrected chi connectivity index (χ2v) is 10.6. The molecule has 1 heterocycles. The lowest BCUT2D eigenvalue weighted by Gasteiger charge is -2.31. The molecular weight excluding hydrogens is 482 g/mol. The van der Waals surface area contributed by atoms with E-state index in [2.05, 4.69) is 5.32 Å². The molecule has 0 saturated carbocycles. The fourth-order valence-corrected chi connectivity index (χ4v) is 5.07. The maximum absolute atomic E-state index is 13.4. The predicted octanol–water partition coefficient (Wildman–Crippen LogP) is 3.30. The van der Waals surface area contributed by atoms with Gasteiger partial charge in [0.1, 0.15) is 6.04 Å². The lowest BCUT2D eigenvalue weighted by molar-refractivity contribution is -0.141. The summed E-state index contributed by atoms with van der Waals surface area (Å²) in [5, 5.41) is 2.90. The maximum Gasteiger partial charge on any atom is 0.242 e. The molecule has 0 bridgehead atoms. The minimum Gasteiger partial charge on any atom is -0.454 e. The molecule has 0 fully saturated rings. The normalized spacial score (nSPS) is 13.2. The number of benzene rings is 2. The molecule has 0 unspecified atom stereocenters. The number of nitrogens with zero attached hydrogens (tertiary/aromatic N) is 2. The lowest BCUT2D eigenvalue weighted by Crippen LogP contribution is -2.49. The van der Waals surface area contributed by atoms with Gasteiger partial charge in [-0.15, -0.1) is 0 Å². The molecule has 36 heavy (non-hydrogen) atoms. The van der Waals surface area contributed by atoms with Gasteiger partial charge in [0.2, 0.25) is 28.6 Å². The summed E-state index contributed by atoms with van der Waals surface area (Å²) in [7, 11) is -3.60. The molecule has 2 aromatic carbocycles. The molecule has 1 atom stereocenters. The molecule has 0 aliphatic carbocycles. The summed E-state index contributed by atoms with van der Waals surface area (Å²) in [6.45, 7) is 4.90. The molecule has 0 radical (unpaired) electrons. The van der Waals surface area contributed by atoms with Crippen LogP contribution in [0, 0.1) is 0 Å². The second kappa shape index (κ2) is 12.6. The number of amides is 2. The molecule has 0 saturated heterocycles. The minimum atomic E-state index is -3.60. The van der Waals surface area contributed by atoms with Crippen LogP contribution < -0.4 is 19.1 Å². The van der Waals surface area contributed by atoms with Gasteiger partial charge < -0.3 is 19.7 Å². The average molecular weight is 518 g/mol. The summed E-state index contributed by atoms with van der Waals surface area (Å²) in [6.07, 6.45) is 2.79. The van der Waals surface area contributed by atoms with Crippen molar-refractivity contribution in [3.05, 3.63) is 54.1 Å². The summed E-state index contributed by atoms with van der Waals surface area (Å²) >= 11 is 0. The highest BCUT2D eigenvalue weighted by molar-refractivity contribution is 7.92. The standard InChI is InChI=1S/C26H35N3O6S/c1-4-15-27-26(31)22(5-2)28(18-20-10-7-6-8-11-20)25(30)12-9-16-29(36(3,32)33)21-13-14-23-24(17-21)35-19-34-23/h6-8,10-11,13-14,17,22H,4-5,9,12,15-16,18-19H2,1-3H3,(H,27,31)/t22-/m0/s1. The molecule has 2 aromatic rings. The molecule has 9 nitrogen and oxygen atoms in total. The van der Waals surface area contributed by atoms with Crippen LogP contribution in [0.25, 0.3) is 0 Å². The van der Waals surface area contributed by atoms with Crippen molar-refractivity contribution < 1.29 is 27.5 Å². The van der Waals surface area contributed by atoms with Gasteiger partial charge in [-0.25, -0.2) is 8.42 Å². The number of anilines is 1. The Morgan fingerprint density at radius 2 is 1.78 bits per heavy atom. The summed E-state index contributed by atoms with van der Waals surface area (Å²) in [4.78, 5) is 27.8. The number of carbonyl (C=O) groups is 2. The Hall–Kier alpha value is -3.27. The predicted molar refractivity (Wildman–Crippen MR) is 138 cm³/mol. The van der Waals surface area contributed by atoms with Gasteiger partial charge >= 0.3 is 0 Å². The summed E-state index contributed by atoms with van der Waals surface area (Å²) in [5.74, 6) is 0.666. The summed E-state index contributed by atoms with van der Waals surface area (Å²) in [5.41, 5.74) is 1.37. The van der Waals surface area contributed by atoms with Crippen molar-refractivity contribution in [2.24, 2.45) is 0 Å². The van der Waals surface area contributed by atoms with Gasteiger partial charge in [-0.2, -0.15) is 0 Å². The number of rotatable bonds is 13. The minimum absolute atomic E-state index is 0.0911. The smallest absolute Gasteiger partial charge is 0.242 e. The van der Waals surface area contributed by atoms with E-state index in [1.165, 1.54) is 4.31 Å². The molecule has 1 aliphatic heterocycles. The monoisotopic (exact) mass is 517 g/mol. The van der Waals surface area contributed by atoms with Crippen molar-refractivity contribution in [2.45, 2.75) is 52.1 Å². The number of hydrogen-bond acceptors (Lipinski definition) is 6. The number of carbonyl (C=O) groups excluding carboxylic acids is 2. The van der Waals surface area contributed by atoms with E-state index in [1.807, 2.05) is 44.2 Å². The molecular formula is C26H35N3O6S. The van der Waals surface area contributed by atoms with Crippen LogP contribution in [0.5, 0.6) is 11.5 Å². The number of nitrogens with one attached hydrogen (secondary N) is 1. The van der Waals surface area contributed by atoms with Crippen molar-refractivity contribution in [3.63, 3.8) is 0 Å². The van der Waals surface area contributed by atoms with E-state index < -0.39 is 16.1 Å². The number of hydrogen-bond donors (Lipinski definition) is 1. The van der Waals surface area contributed by atoms with E-state index >= 15 is 0 Å². The molecule has 1 N–H and O–H groups in total. The van der Waals surface area contributed by atoms with Crippen molar-refractivity contribution in [3.8, 4) is 11.5 Å². The van der Waals surface area contributed by atoms with Crippen LogP contribution in [0.1, 0.15) is 45.1 Å². The van der Waals surface area contributed by atoms with Gasteiger partial charge in [0.05, 0.1) is 11.9 Å². The fraction of sp³-hybridized carbons (Fsp3) is 0.462. The third kappa shape index (κ3) is 7.13. The van der Waals surface area contributed by atoms with Gasteiger partial charge in [-0.3, -0.25) is 13.9 Å². The number of sulfonamides is 1. The van der Waals surface area contributed by atoms with Crippen LogP contribution in [-0.2, 0) is 26.2 Å². The molecule has 10 heteroatoms. The van der Waals surface area contributed by atoms with Gasteiger partial charge in [-0.05, 0) is 37.0 Å². The highest BCUT2D eigenvalue weighted by Crippen LogP contribution is 2.36. The highest BCUT2D eigenvalue weighted by atomic mass is 32.2. The SMILES string of the molecule is CCCNC(=O)[C@H](CC)N(Cc1ccccc1)C(=O)CCCN(c1ccc2c(c1)OCO2)S(C)(=O)=O. The Balaban J connectivity index is 1.73. The zero-order valence-corrected chi connectivity index (χ0v) is 21.9. The van der Waals surface area contributed by atoms with Crippen molar-refractivity contribution >= 4 is 27.5 Å². The Morgan fingerprint density at radius 3 is 2.44 bits per heavy atom. The third-order valence-electron chi connectivity index (χ3n) is 5.93. The van der Waals surface area contributed by atoms with Crippen LogP contribution in [0.15, 0.2) is 48.5 Å². The van der Waals surface area contributed by atoms with Gasteiger partial charge in [0, 0.05) is 32.1 Å². The van der Waals surface area contributed by atoms with E-state index in [4.69, 9.17) is 9.47 Å².